The molecule has 1 aromatic rings. The topological polar surface area (TPSA) is 92.0 Å². The first-order chi connectivity index (χ1) is 7.63. The molecule has 4 N–H and O–H groups in total. The van der Waals surface area contributed by atoms with Crippen LogP contribution < -0.4 is 5.73 Å². The van der Waals surface area contributed by atoms with E-state index in [9.17, 15) is 9.90 Å². The molecule has 1 saturated carbocycles. The lowest BCUT2D eigenvalue weighted by atomic mass is 9.78. The molecule has 1 heterocycles. The fourth-order valence-corrected chi connectivity index (χ4v) is 2.61. The first kappa shape index (κ1) is 9.84. The van der Waals surface area contributed by atoms with Crippen LogP contribution in [0.5, 0.6) is 0 Å². The summed E-state index contributed by atoms with van der Waals surface area (Å²) in [5.74, 6) is -0.503. The van der Waals surface area contributed by atoms with Crippen molar-refractivity contribution in [2.45, 2.75) is 43.6 Å². The molecule has 5 heteroatoms. The van der Waals surface area contributed by atoms with Gasteiger partial charge in [0, 0.05) is 17.2 Å². The van der Waals surface area contributed by atoms with Gasteiger partial charge in [-0.05, 0) is 32.1 Å². The monoisotopic (exact) mass is 221 g/mol. The van der Waals surface area contributed by atoms with E-state index in [2.05, 4.69) is 10.2 Å². The Hall–Kier alpha value is -1.36. The number of aliphatic carboxylic acids is 1. The predicted molar refractivity (Wildman–Crippen MR) is 57.0 cm³/mol. The summed E-state index contributed by atoms with van der Waals surface area (Å²) in [6, 6.07) is 0. The Labute approximate surface area is 93.0 Å². The number of nitrogens with zero attached hydrogens (tertiary/aromatic N) is 1. The molecule has 5 nitrogen and oxygen atoms in total. The summed E-state index contributed by atoms with van der Waals surface area (Å²) >= 11 is 0. The van der Waals surface area contributed by atoms with Crippen molar-refractivity contribution in [2.24, 2.45) is 5.73 Å². The molecule has 86 valence electrons. The number of hydrogen-bond acceptors (Lipinski definition) is 3. The molecule has 16 heavy (non-hydrogen) atoms. The molecule has 0 spiro atoms. The van der Waals surface area contributed by atoms with Crippen LogP contribution in [0.1, 0.15) is 48.6 Å². The third kappa shape index (κ3) is 1.21. The SMILES string of the molecule is NC1(C(=O)O)CCCc2[nH]nc(C3CC3)c21. The number of nitrogens with one attached hydrogen (secondary N) is 1. The van der Waals surface area contributed by atoms with Crippen molar-refractivity contribution in [2.75, 3.05) is 0 Å². The van der Waals surface area contributed by atoms with Crippen LogP contribution in [0, 0.1) is 0 Å². The molecule has 0 aliphatic heterocycles. The van der Waals surface area contributed by atoms with E-state index in [-0.39, 0.29) is 0 Å². The van der Waals surface area contributed by atoms with Crippen molar-refractivity contribution in [3.63, 3.8) is 0 Å². The van der Waals surface area contributed by atoms with Gasteiger partial charge in [-0.1, -0.05) is 0 Å². The number of carbonyl (C=O) groups is 1. The Bertz CT molecular complexity index is 450. The Balaban J connectivity index is 2.14. The van der Waals surface area contributed by atoms with Crippen molar-refractivity contribution in [1.82, 2.24) is 10.2 Å². The van der Waals surface area contributed by atoms with Crippen molar-refractivity contribution >= 4 is 5.97 Å². The highest BCUT2D eigenvalue weighted by Crippen LogP contribution is 2.46. The molecule has 0 bridgehead atoms. The number of hydrogen-bond donors (Lipinski definition) is 3. The van der Waals surface area contributed by atoms with E-state index in [0.717, 1.165) is 42.6 Å². The van der Waals surface area contributed by atoms with Crippen LogP contribution in [0.25, 0.3) is 0 Å². The molecular formula is C11H15N3O2. The van der Waals surface area contributed by atoms with Crippen molar-refractivity contribution < 1.29 is 9.90 Å². The van der Waals surface area contributed by atoms with Gasteiger partial charge in [-0.25, -0.2) is 4.79 Å². The number of rotatable bonds is 2. The van der Waals surface area contributed by atoms with Crippen LogP contribution in [0.3, 0.4) is 0 Å². The second-order valence-electron chi connectivity index (χ2n) is 4.87. The largest absolute Gasteiger partial charge is 0.480 e. The third-order valence-corrected chi connectivity index (χ3v) is 3.66. The Morgan fingerprint density at radius 3 is 2.94 bits per heavy atom. The molecule has 2 aliphatic carbocycles. The summed E-state index contributed by atoms with van der Waals surface area (Å²) in [5.41, 5.74) is 7.44. The first-order valence-corrected chi connectivity index (χ1v) is 5.73. The Morgan fingerprint density at radius 2 is 2.31 bits per heavy atom. The molecule has 0 saturated heterocycles. The summed E-state index contributed by atoms with van der Waals surface area (Å²) in [4.78, 5) is 11.4. The van der Waals surface area contributed by atoms with Gasteiger partial charge in [0.2, 0.25) is 0 Å². The number of fused-ring (bicyclic) bond motifs is 1. The average Bonchev–Trinajstić information content (AvgIpc) is 2.99. The summed E-state index contributed by atoms with van der Waals surface area (Å²) in [6.07, 6.45) is 4.39. The standard InChI is InChI=1S/C11H15N3O2/c12-11(10(15)16)5-1-2-7-8(11)9(14-13-7)6-3-4-6/h6H,1-5,12H2,(H,13,14)(H,15,16). The highest BCUT2D eigenvalue weighted by Gasteiger charge is 2.45. The predicted octanol–water partition coefficient (Wildman–Crippen LogP) is 0.862. The minimum absolute atomic E-state index is 0.431. The van der Waals surface area contributed by atoms with Gasteiger partial charge in [-0.15, -0.1) is 0 Å². The maximum Gasteiger partial charge on any atom is 0.328 e. The molecular weight excluding hydrogens is 206 g/mol. The normalized spacial score (nSPS) is 28.8. The zero-order chi connectivity index (χ0) is 11.3. The van der Waals surface area contributed by atoms with E-state index in [1.54, 1.807) is 0 Å². The Kier molecular flexibility index (Phi) is 1.89. The quantitative estimate of drug-likeness (QED) is 0.690. The summed E-state index contributed by atoms with van der Waals surface area (Å²) in [6.45, 7) is 0. The number of nitrogens with two attached hydrogens (primary N) is 1. The number of carboxylic acids is 1. The van der Waals surface area contributed by atoms with Gasteiger partial charge in [0.15, 0.2) is 0 Å². The minimum atomic E-state index is -1.22. The fourth-order valence-electron chi connectivity index (χ4n) is 2.61. The lowest BCUT2D eigenvalue weighted by Gasteiger charge is -2.29. The number of carboxylic acid groups (broad SMARTS) is 1. The van der Waals surface area contributed by atoms with Crippen LogP contribution in [-0.2, 0) is 16.8 Å². The van der Waals surface area contributed by atoms with Gasteiger partial charge in [0.1, 0.15) is 5.54 Å². The minimum Gasteiger partial charge on any atom is -0.480 e. The van der Waals surface area contributed by atoms with Gasteiger partial charge < -0.3 is 10.8 Å². The van der Waals surface area contributed by atoms with E-state index in [0.29, 0.717) is 12.3 Å². The highest BCUT2D eigenvalue weighted by atomic mass is 16.4. The number of aromatic nitrogens is 2. The number of aryl methyl sites for hydroxylation is 1. The summed E-state index contributed by atoms with van der Waals surface area (Å²) < 4.78 is 0. The van der Waals surface area contributed by atoms with Crippen LogP contribution in [0.4, 0.5) is 0 Å². The fraction of sp³-hybridized carbons (Fsp3) is 0.636. The van der Waals surface area contributed by atoms with Crippen molar-refractivity contribution in [1.29, 1.82) is 0 Å². The second-order valence-corrected chi connectivity index (χ2v) is 4.87. The van der Waals surface area contributed by atoms with Crippen LogP contribution >= 0.6 is 0 Å². The van der Waals surface area contributed by atoms with Crippen LogP contribution in [0.2, 0.25) is 0 Å². The Morgan fingerprint density at radius 1 is 1.56 bits per heavy atom. The third-order valence-electron chi connectivity index (χ3n) is 3.66. The van der Waals surface area contributed by atoms with Gasteiger partial charge >= 0.3 is 5.97 Å². The highest BCUT2D eigenvalue weighted by molar-refractivity contribution is 5.81. The van der Waals surface area contributed by atoms with E-state index < -0.39 is 11.5 Å². The molecule has 2 aliphatic rings. The second kappa shape index (κ2) is 3.07. The molecule has 3 rings (SSSR count). The van der Waals surface area contributed by atoms with Gasteiger partial charge in [-0.3, -0.25) is 5.10 Å². The lowest BCUT2D eigenvalue weighted by molar-refractivity contribution is -0.144. The average molecular weight is 221 g/mol. The van der Waals surface area contributed by atoms with E-state index >= 15 is 0 Å². The van der Waals surface area contributed by atoms with Crippen LogP contribution in [0.15, 0.2) is 0 Å². The van der Waals surface area contributed by atoms with Gasteiger partial charge in [-0.2, -0.15) is 5.10 Å². The van der Waals surface area contributed by atoms with Gasteiger partial charge in [0.05, 0.1) is 5.69 Å². The molecule has 1 unspecified atom stereocenters. The number of aromatic amines is 1. The molecule has 1 atom stereocenters. The van der Waals surface area contributed by atoms with E-state index in [4.69, 9.17) is 5.73 Å². The summed E-state index contributed by atoms with van der Waals surface area (Å²) in [5, 5.41) is 16.6. The van der Waals surface area contributed by atoms with E-state index in [1.165, 1.54) is 0 Å². The summed E-state index contributed by atoms with van der Waals surface area (Å²) in [7, 11) is 0. The number of H-pyrrole nitrogens is 1. The lowest BCUT2D eigenvalue weighted by Crippen LogP contribution is -2.47. The van der Waals surface area contributed by atoms with Crippen LogP contribution in [-0.4, -0.2) is 21.3 Å². The molecule has 0 aromatic carbocycles. The smallest absolute Gasteiger partial charge is 0.328 e. The van der Waals surface area contributed by atoms with E-state index in [1.807, 2.05) is 0 Å². The zero-order valence-corrected chi connectivity index (χ0v) is 8.99. The molecule has 1 fully saturated rings. The molecule has 0 amide bonds. The molecule has 0 radical (unpaired) electrons. The van der Waals surface area contributed by atoms with Crippen molar-refractivity contribution in [3.05, 3.63) is 17.0 Å². The maximum atomic E-state index is 11.4. The zero-order valence-electron chi connectivity index (χ0n) is 8.99. The first-order valence-electron chi connectivity index (χ1n) is 5.73. The van der Waals surface area contributed by atoms with Crippen molar-refractivity contribution in [3.8, 4) is 0 Å². The molecule has 1 aromatic heterocycles. The van der Waals surface area contributed by atoms with Gasteiger partial charge in [0.25, 0.3) is 0 Å². The maximum absolute atomic E-state index is 11.4.